The third-order valence-corrected chi connectivity index (χ3v) is 5.60. The Hall–Kier alpha value is -3.02. The summed E-state index contributed by atoms with van der Waals surface area (Å²) in [5.74, 6) is -0.0261. The van der Waals surface area contributed by atoms with E-state index in [0.29, 0.717) is 27.0 Å². The molecule has 3 rings (SSSR count). The predicted octanol–water partition coefficient (Wildman–Crippen LogP) is 6.40. The number of carbonyl (C=O) groups is 2. The second kappa shape index (κ2) is 11.2. The van der Waals surface area contributed by atoms with Crippen LogP contribution < -0.4 is 9.64 Å². The molecule has 0 bridgehead atoms. The van der Waals surface area contributed by atoms with E-state index in [4.69, 9.17) is 32.7 Å². The van der Waals surface area contributed by atoms with Crippen molar-refractivity contribution >= 4 is 40.8 Å². The minimum Gasteiger partial charge on any atom is -0.483 e. The highest BCUT2D eigenvalue weighted by atomic mass is 35.5. The van der Waals surface area contributed by atoms with Gasteiger partial charge >= 0.3 is 5.97 Å². The molecular weight excluding hydrogens is 461 g/mol. The monoisotopic (exact) mass is 485 g/mol. The summed E-state index contributed by atoms with van der Waals surface area (Å²) in [6.45, 7) is 6.03. The number of rotatable bonds is 8. The van der Waals surface area contributed by atoms with Gasteiger partial charge in [0, 0.05) is 15.7 Å². The van der Waals surface area contributed by atoms with Crippen LogP contribution in [-0.2, 0) is 16.1 Å². The minimum absolute atomic E-state index is 0.158. The molecule has 1 amide bonds. The topological polar surface area (TPSA) is 55.8 Å². The number of anilines is 1. The third-order valence-electron chi connectivity index (χ3n) is 5.02. The van der Waals surface area contributed by atoms with Crippen molar-refractivity contribution in [3.8, 4) is 5.75 Å². The highest BCUT2D eigenvalue weighted by Crippen LogP contribution is 2.26. The molecule has 0 unspecified atom stereocenters. The Morgan fingerprint density at radius 1 is 0.939 bits per heavy atom. The number of nitrogens with zero attached hydrogens (tertiary/aromatic N) is 1. The molecule has 172 valence electrons. The van der Waals surface area contributed by atoms with Crippen LogP contribution in [0.15, 0.2) is 60.7 Å². The second-order valence-corrected chi connectivity index (χ2v) is 8.38. The summed E-state index contributed by atoms with van der Waals surface area (Å²) in [6, 6.07) is 17.6. The molecule has 0 spiro atoms. The van der Waals surface area contributed by atoms with Gasteiger partial charge in [-0.05, 0) is 74.4 Å². The zero-order valence-electron chi connectivity index (χ0n) is 18.7. The maximum Gasteiger partial charge on any atom is 0.338 e. The quantitative estimate of drug-likeness (QED) is 0.346. The molecule has 0 aliphatic heterocycles. The number of hydrogen-bond donors (Lipinski definition) is 0. The molecule has 0 heterocycles. The van der Waals surface area contributed by atoms with Crippen LogP contribution in [0.4, 0.5) is 5.69 Å². The fourth-order valence-electron chi connectivity index (χ4n) is 3.31. The number of amides is 1. The summed E-state index contributed by atoms with van der Waals surface area (Å²) in [5.41, 5.74) is 3.81. The van der Waals surface area contributed by atoms with Crippen molar-refractivity contribution in [1.29, 1.82) is 0 Å². The van der Waals surface area contributed by atoms with Crippen LogP contribution in [0.2, 0.25) is 10.0 Å². The van der Waals surface area contributed by atoms with Crippen LogP contribution in [0.25, 0.3) is 0 Å². The van der Waals surface area contributed by atoms with Crippen molar-refractivity contribution in [2.45, 2.75) is 27.3 Å². The first-order valence-corrected chi connectivity index (χ1v) is 11.3. The molecule has 0 saturated carbocycles. The number of benzene rings is 3. The molecule has 0 aliphatic carbocycles. The Balaban J connectivity index is 1.85. The Bertz CT molecular complexity index is 1150. The number of aryl methyl sites for hydroxylation is 2. The summed E-state index contributed by atoms with van der Waals surface area (Å²) in [6.07, 6.45) is 0. The maximum atomic E-state index is 13.2. The van der Waals surface area contributed by atoms with E-state index in [2.05, 4.69) is 0 Å². The van der Waals surface area contributed by atoms with Crippen LogP contribution in [0.5, 0.6) is 5.75 Å². The molecule has 0 N–H and O–H groups in total. The van der Waals surface area contributed by atoms with Gasteiger partial charge in [0.2, 0.25) is 0 Å². The highest BCUT2D eigenvalue weighted by Gasteiger charge is 2.20. The summed E-state index contributed by atoms with van der Waals surface area (Å²) >= 11 is 12.4. The van der Waals surface area contributed by atoms with E-state index in [-0.39, 0.29) is 25.7 Å². The van der Waals surface area contributed by atoms with Crippen LogP contribution in [-0.4, -0.2) is 25.1 Å². The minimum atomic E-state index is -0.416. The molecule has 7 heteroatoms. The van der Waals surface area contributed by atoms with Crippen molar-refractivity contribution in [3.05, 3.63) is 93.0 Å². The van der Waals surface area contributed by atoms with Crippen LogP contribution in [0.3, 0.4) is 0 Å². The number of halogens is 2. The van der Waals surface area contributed by atoms with E-state index in [0.717, 1.165) is 16.7 Å². The van der Waals surface area contributed by atoms with E-state index in [9.17, 15) is 9.59 Å². The third kappa shape index (κ3) is 6.50. The lowest BCUT2D eigenvalue weighted by molar-refractivity contribution is -0.120. The maximum absolute atomic E-state index is 13.2. The van der Waals surface area contributed by atoms with Crippen LogP contribution >= 0.6 is 23.2 Å². The summed E-state index contributed by atoms with van der Waals surface area (Å²) in [5, 5.41) is 0.970. The van der Waals surface area contributed by atoms with Gasteiger partial charge < -0.3 is 14.4 Å². The SMILES string of the molecule is CCOC(=O)c1ccc(N(Cc2ccc(Cl)cc2Cl)C(=O)COc2ccc(C)cc2C)cc1. The lowest BCUT2D eigenvalue weighted by Crippen LogP contribution is -2.34. The van der Waals surface area contributed by atoms with Crippen molar-refractivity contribution in [2.24, 2.45) is 0 Å². The first-order chi connectivity index (χ1) is 15.8. The van der Waals surface area contributed by atoms with E-state index in [1.807, 2.05) is 32.0 Å². The number of ether oxygens (including phenoxy) is 2. The molecule has 3 aromatic rings. The molecular formula is C26H25Cl2NO4. The predicted molar refractivity (Wildman–Crippen MR) is 131 cm³/mol. The molecule has 5 nitrogen and oxygen atoms in total. The van der Waals surface area contributed by atoms with Crippen molar-refractivity contribution < 1.29 is 19.1 Å². The lowest BCUT2D eigenvalue weighted by atomic mass is 10.1. The average molecular weight is 486 g/mol. The summed E-state index contributed by atoms with van der Waals surface area (Å²) in [4.78, 5) is 26.8. The fraction of sp³-hybridized carbons (Fsp3) is 0.231. The van der Waals surface area contributed by atoms with E-state index in [1.54, 1.807) is 54.3 Å². The van der Waals surface area contributed by atoms with E-state index < -0.39 is 5.97 Å². The number of carbonyl (C=O) groups excluding carboxylic acids is 2. The fourth-order valence-corrected chi connectivity index (χ4v) is 3.78. The van der Waals surface area contributed by atoms with Gasteiger partial charge in [-0.2, -0.15) is 0 Å². The summed E-state index contributed by atoms with van der Waals surface area (Å²) < 4.78 is 10.9. The first-order valence-electron chi connectivity index (χ1n) is 10.5. The van der Waals surface area contributed by atoms with Gasteiger partial charge in [-0.3, -0.25) is 4.79 Å². The molecule has 0 saturated heterocycles. The highest BCUT2D eigenvalue weighted by molar-refractivity contribution is 6.35. The summed E-state index contributed by atoms with van der Waals surface area (Å²) in [7, 11) is 0. The van der Waals surface area contributed by atoms with Gasteiger partial charge in [0.15, 0.2) is 6.61 Å². The van der Waals surface area contributed by atoms with Gasteiger partial charge in [0.25, 0.3) is 5.91 Å². The normalized spacial score (nSPS) is 10.6. The van der Waals surface area contributed by atoms with Crippen LogP contribution in [0, 0.1) is 13.8 Å². The van der Waals surface area contributed by atoms with Crippen molar-refractivity contribution in [2.75, 3.05) is 18.1 Å². The van der Waals surface area contributed by atoms with Gasteiger partial charge in [-0.25, -0.2) is 4.79 Å². The molecule has 0 aliphatic rings. The van der Waals surface area contributed by atoms with Gasteiger partial charge in [0.05, 0.1) is 18.7 Å². The standard InChI is InChI=1S/C26H25Cl2NO4/c1-4-32-26(31)19-7-10-22(11-8-19)29(15-20-6-9-21(27)14-23(20)28)25(30)16-33-24-12-5-17(2)13-18(24)3/h5-14H,4,15-16H2,1-3H3. The molecule has 0 fully saturated rings. The molecule has 0 atom stereocenters. The van der Waals surface area contributed by atoms with Crippen LogP contribution in [0.1, 0.15) is 34.0 Å². The average Bonchev–Trinajstić information content (AvgIpc) is 2.78. The Morgan fingerprint density at radius 2 is 1.67 bits per heavy atom. The number of esters is 1. The number of hydrogen-bond acceptors (Lipinski definition) is 4. The van der Waals surface area contributed by atoms with Gasteiger partial charge in [-0.15, -0.1) is 0 Å². The zero-order chi connectivity index (χ0) is 24.0. The molecule has 33 heavy (non-hydrogen) atoms. The molecule has 0 radical (unpaired) electrons. The van der Waals surface area contributed by atoms with Crippen molar-refractivity contribution in [1.82, 2.24) is 0 Å². The second-order valence-electron chi connectivity index (χ2n) is 7.54. The molecule has 3 aromatic carbocycles. The van der Waals surface area contributed by atoms with Crippen molar-refractivity contribution in [3.63, 3.8) is 0 Å². The Kier molecular flexibility index (Phi) is 8.37. The van der Waals surface area contributed by atoms with E-state index in [1.165, 1.54) is 0 Å². The van der Waals surface area contributed by atoms with Gasteiger partial charge in [-0.1, -0.05) is 47.0 Å². The first kappa shape index (κ1) is 24.6. The lowest BCUT2D eigenvalue weighted by Gasteiger charge is -2.24. The zero-order valence-corrected chi connectivity index (χ0v) is 20.2. The Morgan fingerprint density at radius 3 is 2.30 bits per heavy atom. The Labute approximate surface area is 203 Å². The van der Waals surface area contributed by atoms with E-state index >= 15 is 0 Å². The van der Waals surface area contributed by atoms with Gasteiger partial charge in [0.1, 0.15) is 5.75 Å². The smallest absolute Gasteiger partial charge is 0.338 e. The molecule has 0 aromatic heterocycles. The largest absolute Gasteiger partial charge is 0.483 e.